The van der Waals surface area contributed by atoms with Crippen LogP contribution >= 0.6 is 0 Å². The van der Waals surface area contributed by atoms with Crippen LogP contribution in [0.1, 0.15) is 13.8 Å². The Bertz CT molecular complexity index is 1030. The molecule has 0 unspecified atom stereocenters. The molecule has 26 heavy (non-hydrogen) atoms. The average Bonchev–Trinajstić information content (AvgIpc) is 2.62. The smallest absolute Gasteiger partial charge is 0.293 e. The molecule has 1 aromatic heterocycles. The third kappa shape index (κ3) is 2.62. The molecule has 0 atom stereocenters. The number of benzene rings is 2. The quantitative estimate of drug-likeness (QED) is 0.726. The molecule has 0 radical (unpaired) electrons. The van der Waals surface area contributed by atoms with Crippen LogP contribution in [-0.4, -0.2) is 17.4 Å². The highest BCUT2D eigenvalue weighted by Crippen LogP contribution is 2.36. The lowest BCUT2D eigenvalue weighted by Crippen LogP contribution is -2.60. The minimum absolute atomic E-state index is 0.127. The number of rotatable bonds is 2. The summed E-state index contributed by atoms with van der Waals surface area (Å²) in [6.07, 6.45) is 3.85. The molecule has 0 saturated heterocycles. The number of hydrogen-bond acceptors (Lipinski definition) is 2. The number of hydrogen-bond donors (Lipinski definition) is 1. The maximum atomic E-state index is 13.2. The maximum absolute atomic E-state index is 13.2. The van der Waals surface area contributed by atoms with Crippen molar-refractivity contribution in [1.82, 2.24) is 0 Å². The van der Waals surface area contributed by atoms with Crippen LogP contribution in [0.15, 0.2) is 67.0 Å². The first-order valence-electron chi connectivity index (χ1n) is 8.58. The fourth-order valence-corrected chi connectivity index (χ4v) is 3.40. The Hall–Kier alpha value is -3.21. The van der Waals surface area contributed by atoms with Gasteiger partial charge in [0, 0.05) is 11.5 Å². The number of para-hydroxylation sites is 2. The van der Waals surface area contributed by atoms with Crippen molar-refractivity contribution in [2.45, 2.75) is 25.9 Å². The third-order valence-electron chi connectivity index (χ3n) is 4.82. The number of nitrogens with one attached hydrogen (secondary N) is 1. The Balaban J connectivity index is 1.70. The van der Waals surface area contributed by atoms with Gasteiger partial charge in [-0.3, -0.25) is 14.5 Å². The van der Waals surface area contributed by atoms with E-state index < -0.39 is 5.54 Å². The van der Waals surface area contributed by atoms with Crippen LogP contribution in [0.4, 0.5) is 11.4 Å². The van der Waals surface area contributed by atoms with E-state index in [1.54, 1.807) is 18.7 Å². The summed E-state index contributed by atoms with van der Waals surface area (Å²) in [5.41, 5.74) is 0.431. The second-order valence-electron chi connectivity index (χ2n) is 7.01. The second-order valence-corrected chi connectivity index (χ2v) is 7.01. The number of fused-ring (bicyclic) bond motifs is 2. The standard InChI is InChI=1S/C21H19N3O2/c1-21(2)20(26)22-17-9-5-6-10-18(17)24(21)19(25)14-23-12-11-15-7-3-4-8-16(15)13-23/h3-13H,14H2,1-2H3/p+1. The topological polar surface area (TPSA) is 53.3 Å². The third-order valence-corrected chi connectivity index (χ3v) is 4.82. The highest BCUT2D eigenvalue weighted by Gasteiger charge is 2.44. The van der Waals surface area contributed by atoms with Crippen molar-refractivity contribution in [3.8, 4) is 0 Å². The fourth-order valence-electron chi connectivity index (χ4n) is 3.40. The minimum Gasteiger partial charge on any atom is -0.322 e. The molecule has 4 rings (SSSR count). The predicted molar refractivity (Wildman–Crippen MR) is 101 cm³/mol. The van der Waals surface area contributed by atoms with Crippen molar-refractivity contribution in [3.05, 3.63) is 67.0 Å². The molecule has 5 nitrogen and oxygen atoms in total. The summed E-state index contributed by atoms with van der Waals surface area (Å²) in [6.45, 7) is 3.69. The van der Waals surface area contributed by atoms with E-state index in [1.165, 1.54) is 0 Å². The Morgan fingerprint density at radius 1 is 1.04 bits per heavy atom. The van der Waals surface area contributed by atoms with Crippen molar-refractivity contribution in [1.29, 1.82) is 0 Å². The largest absolute Gasteiger partial charge is 0.322 e. The van der Waals surface area contributed by atoms with Gasteiger partial charge >= 0.3 is 0 Å². The molecule has 0 bridgehead atoms. The zero-order valence-corrected chi connectivity index (χ0v) is 14.8. The van der Waals surface area contributed by atoms with Crippen LogP contribution in [0.5, 0.6) is 0 Å². The average molecular weight is 346 g/mol. The summed E-state index contributed by atoms with van der Waals surface area (Å²) in [5.74, 6) is -0.314. The van der Waals surface area contributed by atoms with Crippen LogP contribution in [-0.2, 0) is 16.1 Å². The van der Waals surface area contributed by atoms with Crippen LogP contribution in [0.25, 0.3) is 10.8 Å². The van der Waals surface area contributed by atoms with Crippen molar-refractivity contribution >= 4 is 34.0 Å². The van der Waals surface area contributed by atoms with Crippen LogP contribution in [0, 0.1) is 0 Å². The number of carbonyl (C=O) groups is 2. The summed E-state index contributed by atoms with van der Waals surface area (Å²) < 4.78 is 1.86. The molecular formula is C21H20N3O2+. The lowest BCUT2D eigenvalue weighted by Gasteiger charge is -2.41. The van der Waals surface area contributed by atoms with Gasteiger partial charge in [-0.1, -0.05) is 30.3 Å². The number of carbonyl (C=O) groups excluding carboxylic acids is 2. The van der Waals surface area contributed by atoms with E-state index in [0.29, 0.717) is 5.69 Å². The second kappa shape index (κ2) is 5.95. The molecule has 2 heterocycles. The van der Waals surface area contributed by atoms with E-state index in [-0.39, 0.29) is 18.4 Å². The molecular weight excluding hydrogens is 326 g/mol. The molecule has 2 aromatic carbocycles. The van der Waals surface area contributed by atoms with Gasteiger partial charge in [-0.25, -0.2) is 0 Å². The van der Waals surface area contributed by atoms with E-state index in [9.17, 15) is 9.59 Å². The van der Waals surface area contributed by atoms with Crippen molar-refractivity contribution < 1.29 is 14.2 Å². The molecule has 5 heteroatoms. The number of amides is 2. The first-order chi connectivity index (χ1) is 12.5. The monoisotopic (exact) mass is 346 g/mol. The molecule has 1 aliphatic heterocycles. The molecule has 0 aliphatic carbocycles. The Labute approximate surface area is 151 Å². The van der Waals surface area contributed by atoms with E-state index in [4.69, 9.17) is 0 Å². The number of aromatic nitrogens is 1. The number of anilines is 2. The highest BCUT2D eigenvalue weighted by molar-refractivity contribution is 6.13. The van der Waals surface area contributed by atoms with Gasteiger partial charge in [0.05, 0.1) is 11.4 Å². The lowest BCUT2D eigenvalue weighted by atomic mass is 9.96. The lowest BCUT2D eigenvalue weighted by molar-refractivity contribution is -0.683. The van der Waals surface area contributed by atoms with E-state index in [2.05, 4.69) is 5.32 Å². The first-order valence-corrected chi connectivity index (χ1v) is 8.58. The van der Waals surface area contributed by atoms with Gasteiger partial charge in [-0.15, -0.1) is 0 Å². The summed E-state index contributed by atoms with van der Waals surface area (Å²) >= 11 is 0. The van der Waals surface area contributed by atoms with Gasteiger partial charge in [0.2, 0.25) is 12.5 Å². The first kappa shape index (κ1) is 16.3. The van der Waals surface area contributed by atoms with E-state index in [0.717, 1.165) is 16.5 Å². The summed E-state index contributed by atoms with van der Waals surface area (Å²) in [5, 5.41) is 5.08. The minimum atomic E-state index is -0.956. The molecule has 0 saturated carbocycles. The Kier molecular flexibility index (Phi) is 3.72. The SMILES string of the molecule is CC1(C)C(=O)Nc2ccccc2N1C(=O)C[n+]1ccc2ccccc2c1. The molecule has 2 amide bonds. The fraction of sp³-hybridized carbons (Fsp3) is 0.190. The molecule has 130 valence electrons. The van der Waals surface area contributed by atoms with E-state index >= 15 is 0 Å². The van der Waals surface area contributed by atoms with Crippen LogP contribution in [0.2, 0.25) is 0 Å². The van der Waals surface area contributed by atoms with Crippen molar-refractivity contribution in [2.75, 3.05) is 10.2 Å². The van der Waals surface area contributed by atoms with Gasteiger partial charge < -0.3 is 5.32 Å². The Morgan fingerprint density at radius 3 is 2.54 bits per heavy atom. The molecule has 0 spiro atoms. The van der Waals surface area contributed by atoms with Gasteiger partial charge in [0.25, 0.3) is 5.91 Å². The van der Waals surface area contributed by atoms with Crippen molar-refractivity contribution in [2.24, 2.45) is 0 Å². The summed E-state index contributed by atoms with van der Waals surface area (Å²) in [7, 11) is 0. The number of pyridine rings is 1. The molecule has 1 N–H and O–H groups in total. The maximum Gasteiger partial charge on any atom is 0.293 e. The molecule has 0 fully saturated rings. The summed E-state index contributed by atoms with van der Waals surface area (Å²) in [6, 6.07) is 17.4. The van der Waals surface area contributed by atoms with E-state index in [1.807, 2.05) is 71.6 Å². The van der Waals surface area contributed by atoms with Gasteiger partial charge in [0.15, 0.2) is 12.4 Å². The molecule has 1 aliphatic rings. The van der Waals surface area contributed by atoms with Gasteiger partial charge in [-0.2, -0.15) is 4.57 Å². The number of nitrogens with zero attached hydrogens (tertiary/aromatic N) is 2. The van der Waals surface area contributed by atoms with Gasteiger partial charge in [-0.05, 0) is 37.4 Å². The zero-order valence-electron chi connectivity index (χ0n) is 14.8. The highest BCUT2D eigenvalue weighted by atomic mass is 16.2. The normalized spacial score (nSPS) is 15.5. The van der Waals surface area contributed by atoms with Crippen molar-refractivity contribution in [3.63, 3.8) is 0 Å². The Morgan fingerprint density at radius 2 is 1.73 bits per heavy atom. The van der Waals surface area contributed by atoms with Crippen LogP contribution < -0.4 is 14.8 Å². The van der Waals surface area contributed by atoms with Gasteiger partial charge in [0.1, 0.15) is 5.54 Å². The predicted octanol–water partition coefficient (Wildman–Crippen LogP) is 2.89. The zero-order chi connectivity index (χ0) is 18.3. The van der Waals surface area contributed by atoms with Crippen LogP contribution in [0.3, 0.4) is 0 Å². The summed E-state index contributed by atoms with van der Waals surface area (Å²) in [4.78, 5) is 27.3. The molecule has 3 aromatic rings.